The largest absolute Gasteiger partial charge is 0.494 e. The number of rotatable bonds is 10. The minimum Gasteiger partial charge on any atom is -0.494 e. The van der Waals surface area contributed by atoms with Crippen LogP contribution in [-0.2, 0) is 4.79 Å². The van der Waals surface area contributed by atoms with Crippen LogP contribution in [0.2, 0.25) is 0 Å². The highest BCUT2D eigenvalue weighted by molar-refractivity contribution is 7.80. The van der Waals surface area contributed by atoms with Crippen LogP contribution in [0.25, 0.3) is 0 Å². The van der Waals surface area contributed by atoms with E-state index in [0.717, 1.165) is 5.75 Å². The average Bonchev–Trinajstić information content (AvgIpc) is 2.48. The highest BCUT2D eigenvalue weighted by Crippen LogP contribution is 2.09. The number of thiocarbonyl (C=S) groups is 1. The maximum Gasteiger partial charge on any atom is 0.222 e. The van der Waals surface area contributed by atoms with Gasteiger partial charge in [0.05, 0.1) is 11.6 Å². The Hall–Kier alpha value is -1.88. The predicted molar refractivity (Wildman–Crippen MR) is 89.4 cm³/mol. The Labute approximate surface area is 131 Å². The summed E-state index contributed by atoms with van der Waals surface area (Å²) in [5.74, 6) is 0.893. The van der Waals surface area contributed by atoms with Crippen molar-refractivity contribution in [2.24, 2.45) is 5.73 Å². The van der Waals surface area contributed by atoms with Gasteiger partial charge in [-0.15, -0.1) is 6.58 Å². The molecule has 1 rings (SSSR count). The van der Waals surface area contributed by atoms with E-state index in [0.29, 0.717) is 43.9 Å². The zero-order valence-electron chi connectivity index (χ0n) is 12.2. The normalized spacial score (nSPS) is 9.90. The number of hydrogen-bond donors (Lipinski definition) is 1. The molecule has 0 aliphatic heterocycles. The molecular formula is C16H22N2O2S. The number of hydrogen-bond acceptors (Lipinski definition) is 3. The Kier molecular flexibility index (Phi) is 8.12. The first kappa shape index (κ1) is 17.2. The molecule has 4 nitrogen and oxygen atoms in total. The smallest absolute Gasteiger partial charge is 0.222 e. The Morgan fingerprint density at radius 3 is 2.67 bits per heavy atom. The minimum atomic E-state index is 0.0720. The Balaban J connectivity index is 2.29. The molecule has 21 heavy (non-hydrogen) atoms. The summed E-state index contributed by atoms with van der Waals surface area (Å²) in [6, 6.07) is 9.57. The van der Waals surface area contributed by atoms with Crippen molar-refractivity contribution in [1.82, 2.24) is 4.90 Å². The van der Waals surface area contributed by atoms with Gasteiger partial charge in [-0.1, -0.05) is 36.5 Å². The van der Waals surface area contributed by atoms with E-state index >= 15 is 0 Å². The molecule has 5 heteroatoms. The zero-order chi connectivity index (χ0) is 15.5. The van der Waals surface area contributed by atoms with Crippen molar-refractivity contribution in [2.75, 3.05) is 19.7 Å². The van der Waals surface area contributed by atoms with Gasteiger partial charge in [0.25, 0.3) is 0 Å². The third-order valence-corrected chi connectivity index (χ3v) is 3.08. The van der Waals surface area contributed by atoms with Gasteiger partial charge in [0, 0.05) is 25.9 Å². The Bertz CT molecular complexity index is 463. The van der Waals surface area contributed by atoms with Crippen molar-refractivity contribution in [3.8, 4) is 5.75 Å². The fourth-order valence-corrected chi connectivity index (χ4v) is 1.90. The van der Waals surface area contributed by atoms with Crippen LogP contribution >= 0.6 is 12.2 Å². The number of nitrogens with two attached hydrogens (primary N) is 1. The second-order valence-electron chi connectivity index (χ2n) is 4.61. The summed E-state index contributed by atoms with van der Waals surface area (Å²) >= 11 is 4.84. The van der Waals surface area contributed by atoms with Gasteiger partial charge in [0.15, 0.2) is 0 Å². The standard InChI is InChI=1S/C16H22N2O2S/c1-2-11-18(12-10-15(17)21)16(19)9-6-13-20-14-7-4-3-5-8-14/h2-5,7-8H,1,6,9-13H2,(H2,17,21). The molecule has 0 atom stereocenters. The molecule has 0 aliphatic rings. The zero-order valence-corrected chi connectivity index (χ0v) is 13.0. The molecule has 0 saturated heterocycles. The van der Waals surface area contributed by atoms with Crippen molar-refractivity contribution < 1.29 is 9.53 Å². The molecule has 0 saturated carbocycles. The van der Waals surface area contributed by atoms with Gasteiger partial charge in [0.2, 0.25) is 5.91 Å². The van der Waals surface area contributed by atoms with E-state index in [2.05, 4.69) is 6.58 Å². The lowest BCUT2D eigenvalue weighted by molar-refractivity contribution is -0.130. The van der Waals surface area contributed by atoms with Crippen LogP contribution in [0.3, 0.4) is 0 Å². The number of carbonyl (C=O) groups is 1. The SMILES string of the molecule is C=CCN(CCC(N)=S)C(=O)CCCOc1ccccc1. The van der Waals surface area contributed by atoms with Crippen molar-refractivity contribution in [1.29, 1.82) is 0 Å². The van der Waals surface area contributed by atoms with E-state index < -0.39 is 0 Å². The molecule has 0 heterocycles. The lowest BCUT2D eigenvalue weighted by Gasteiger charge is -2.20. The maximum absolute atomic E-state index is 12.1. The predicted octanol–water partition coefficient (Wildman–Crippen LogP) is 2.54. The number of ether oxygens (including phenoxy) is 1. The molecule has 0 spiro atoms. The number of amides is 1. The number of para-hydroxylation sites is 1. The van der Waals surface area contributed by atoms with E-state index in [9.17, 15) is 4.79 Å². The van der Waals surface area contributed by atoms with Crippen LogP contribution in [0.4, 0.5) is 0 Å². The third kappa shape index (κ3) is 7.46. The first-order valence-electron chi connectivity index (χ1n) is 6.98. The van der Waals surface area contributed by atoms with Crippen molar-refractivity contribution in [3.05, 3.63) is 43.0 Å². The number of benzene rings is 1. The van der Waals surface area contributed by atoms with Crippen molar-refractivity contribution >= 4 is 23.1 Å². The quantitative estimate of drug-likeness (QED) is 0.410. The van der Waals surface area contributed by atoms with Gasteiger partial charge in [-0.2, -0.15) is 0 Å². The fraction of sp³-hybridized carbons (Fsp3) is 0.375. The van der Waals surface area contributed by atoms with Crippen LogP contribution < -0.4 is 10.5 Å². The molecule has 2 N–H and O–H groups in total. The van der Waals surface area contributed by atoms with E-state index in [1.54, 1.807) is 11.0 Å². The molecule has 1 amide bonds. The summed E-state index contributed by atoms with van der Waals surface area (Å²) in [4.78, 5) is 14.2. The molecule has 114 valence electrons. The molecular weight excluding hydrogens is 284 g/mol. The first-order chi connectivity index (χ1) is 10.1. The second-order valence-corrected chi connectivity index (χ2v) is 5.13. The van der Waals surface area contributed by atoms with E-state index in [1.165, 1.54) is 0 Å². The van der Waals surface area contributed by atoms with Crippen LogP contribution in [0.1, 0.15) is 19.3 Å². The van der Waals surface area contributed by atoms with Crippen LogP contribution in [0.5, 0.6) is 5.75 Å². The summed E-state index contributed by atoms with van der Waals surface area (Å²) in [5, 5.41) is 0. The van der Waals surface area contributed by atoms with Gasteiger partial charge >= 0.3 is 0 Å². The minimum absolute atomic E-state index is 0.0720. The lowest BCUT2D eigenvalue weighted by Crippen LogP contribution is -2.34. The molecule has 1 aromatic carbocycles. The summed E-state index contributed by atoms with van der Waals surface area (Å²) in [6.07, 6.45) is 3.36. The van der Waals surface area contributed by atoms with E-state index in [-0.39, 0.29) is 5.91 Å². The van der Waals surface area contributed by atoms with Crippen LogP contribution in [0, 0.1) is 0 Å². The fourth-order valence-electron chi connectivity index (χ4n) is 1.81. The summed E-state index contributed by atoms with van der Waals surface area (Å²) in [6.45, 7) is 5.24. The van der Waals surface area contributed by atoms with Gasteiger partial charge in [-0.25, -0.2) is 0 Å². The number of carbonyl (C=O) groups excluding carboxylic acids is 1. The Morgan fingerprint density at radius 1 is 1.33 bits per heavy atom. The molecule has 0 unspecified atom stereocenters. The van der Waals surface area contributed by atoms with E-state index in [4.69, 9.17) is 22.7 Å². The molecule has 0 aromatic heterocycles. The van der Waals surface area contributed by atoms with Crippen LogP contribution in [0.15, 0.2) is 43.0 Å². The molecule has 0 bridgehead atoms. The topological polar surface area (TPSA) is 55.6 Å². The molecule has 0 aliphatic carbocycles. The molecule has 0 fully saturated rings. The van der Waals surface area contributed by atoms with Gasteiger partial charge in [-0.3, -0.25) is 4.79 Å². The molecule has 1 aromatic rings. The van der Waals surface area contributed by atoms with Crippen molar-refractivity contribution in [3.63, 3.8) is 0 Å². The summed E-state index contributed by atoms with van der Waals surface area (Å²) in [7, 11) is 0. The van der Waals surface area contributed by atoms with Gasteiger partial charge < -0.3 is 15.4 Å². The lowest BCUT2D eigenvalue weighted by atomic mass is 10.2. The first-order valence-corrected chi connectivity index (χ1v) is 7.39. The Morgan fingerprint density at radius 2 is 2.05 bits per heavy atom. The third-order valence-electron chi connectivity index (χ3n) is 2.88. The van der Waals surface area contributed by atoms with Crippen molar-refractivity contribution in [2.45, 2.75) is 19.3 Å². The second kappa shape index (κ2) is 9.94. The average molecular weight is 306 g/mol. The number of nitrogens with zero attached hydrogens (tertiary/aromatic N) is 1. The summed E-state index contributed by atoms with van der Waals surface area (Å²) in [5.41, 5.74) is 5.47. The van der Waals surface area contributed by atoms with Gasteiger partial charge in [-0.05, 0) is 18.6 Å². The summed E-state index contributed by atoms with van der Waals surface area (Å²) < 4.78 is 5.56. The maximum atomic E-state index is 12.1. The monoisotopic (exact) mass is 306 g/mol. The van der Waals surface area contributed by atoms with Gasteiger partial charge in [0.1, 0.15) is 5.75 Å². The van der Waals surface area contributed by atoms with Crippen LogP contribution in [-0.4, -0.2) is 35.5 Å². The van der Waals surface area contributed by atoms with E-state index in [1.807, 2.05) is 30.3 Å². The molecule has 0 radical (unpaired) electrons. The highest BCUT2D eigenvalue weighted by Gasteiger charge is 2.11. The highest BCUT2D eigenvalue weighted by atomic mass is 32.1.